The van der Waals surface area contributed by atoms with Crippen LogP contribution in [-0.2, 0) is 10.2 Å². The molecule has 1 heterocycles. The minimum Gasteiger partial charge on any atom is -0.486 e. The van der Waals surface area contributed by atoms with Crippen molar-refractivity contribution in [3.05, 3.63) is 23.8 Å². The van der Waals surface area contributed by atoms with E-state index in [-0.39, 0.29) is 5.41 Å². The maximum atomic E-state index is 5.80. The zero-order valence-corrected chi connectivity index (χ0v) is 16.0. The van der Waals surface area contributed by atoms with Gasteiger partial charge in [0.15, 0.2) is 17.5 Å². The summed E-state index contributed by atoms with van der Waals surface area (Å²) in [6.07, 6.45) is 4.82. The second kappa shape index (κ2) is 9.12. The third-order valence-electron chi connectivity index (χ3n) is 5.20. The van der Waals surface area contributed by atoms with E-state index < -0.39 is 0 Å². The second-order valence-corrected chi connectivity index (χ2v) is 6.96. The van der Waals surface area contributed by atoms with Gasteiger partial charge in [0.25, 0.3) is 0 Å². The van der Waals surface area contributed by atoms with E-state index in [0.29, 0.717) is 19.8 Å². The zero-order valence-electron chi connectivity index (χ0n) is 16.0. The molecule has 0 spiro atoms. The maximum Gasteiger partial charge on any atom is 0.191 e. The SMILES string of the molecule is CCNC(=NCC1(c2ccc3c(c2)OCCO3)CCCC1)NCCOC. The van der Waals surface area contributed by atoms with Gasteiger partial charge < -0.3 is 24.8 Å². The van der Waals surface area contributed by atoms with Gasteiger partial charge in [0.1, 0.15) is 13.2 Å². The molecule has 6 heteroatoms. The maximum absolute atomic E-state index is 5.80. The highest BCUT2D eigenvalue weighted by molar-refractivity contribution is 5.79. The third kappa shape index (κ3) is 4.41. The Bertz CT molecular complexity index is 612. The predicted molar refractivity (Wildman–Crippen MR) is 103 cm³/mol. The van der Waals surface area contributed by atoms with Crippen molar-refractivity contribution in [2.45, 2.75) is 38.0 Å². The normalized spacial score (nSPS) is 18.6. The molecule has 1 saturated carbocycles. The lowest BCUT2D eigenvalue weighted by atomic mass is 9.79. The van der Waals surface area contributed by atoms with Gasteiger partial charge in [-0.1, -0.05) is 18.9 Å². The van der Waals surface area contributed by atoms with Crippen LogP contribution in [0.25, 0.3) is 0 Å². The molecule has 0 saturated heterocycles. The fraction of sp³-hybridized carbons (Fsp3) is 0.650. The summed E-state index contributed by atoms with van der Waals surface area (Å²) in [5.41, 5.74) is 1.40. The standard InChI is InChI=1S/C20H31N3O3/c1-3-21-19(22-10-11-24-2)23-15-20(8-4-5-9-20)16-6-7-17-18(14-16)26-13-12-25-17/h6-7,14H,3-5,8-13,15H2,1-2H3,(H2,21,22,23). The van der Waals surface area contributed by atoms with Crippen LogP contribution in [0.5, 0.6) is 11.5 Å². The largest absolute Gasteiger partial charge is 0.486 e. The number of nitrogens with one attached hydrogen (secondary N) is 2. The molecular formula is C20H31N3O3. The highest BCUT2D eigenvalue weighted by Crippen LogP contribution is 2.44. The first-order chi connectivity index (χ1) is 12.8. The molecular weight excluding hydrogens is 330 g/mol. The van der Waals surface area contributed by atoms with Crippen LogP contribution in [0.4, 0.5) is 0 Å². The number of hydrogen-bond acceptors (Lipinski definition) is 4. The van der Waals surface area contributed by atoms with Gasteiger partial charge in [-0.05, 0) is 37.5 Å². The van der Waals surface area contributed by atoms with E-state index in [1.807, 2.05) is 0 Å². The molecule has 0 amide bonds. The number of rotatable bonds is 7. The minimum absolute atomic E-state index is 0.0828. The topological polar surface area (TPSA) is 64.1 Å². The molecule has 0 atom stereocenters. The highest BCUT2D eigenvalue weighted by atomic mass is 16.6. The molecule has 0 bridgehead atoms. The number of benzene rings is 1. The molecule has 2 aliphatic rings. The Morgan fingerprint density at radius 2 is 1.92 bits per heavy atom. The summed E-state index contributed by atoms with van der Waals surface area (Å²) >= 11 is 0. The average molecular weight is 361 g/mol. The molecule has 0 aromatic heterocycles. The van der Waals surface area contributed by atoms with Crippen LogP contribution in [-0.4, -0.2) is 52.5 Å². The van der Waals surface area contributed by atoms with Crippen LogP contribution in [0.2, 0.25) is 0 Å². The number of fused-ring (bicyclic) bond motifs is 1. The van der Waals surface area contributed by atoms with Crippen LogP contribution in [0, 0.1) is 0 Å². The summed E-state index contributed by atoms with van der Waals surface area (Å²) in [5.74, 6) is 2.58. The number of nitrogens with zero attached hydrogens (tertiary/aromatic N) is 1. The lowest BCUT2D eigenvalue weighted by Gasteiger charge is -2.30. The molecule has 0 unspecified atom stereocenters. The van der Waals surface area contributed by atoms with Gasteiger partial charge >= 0.3 is 0 Å². The van der Waals surface area contributed by atoms with E-state index in [2.05, 4.69) is 35.8 Å². The number of hydrogen-bond donors (Lipinski definition) is 2. The predicted octanol–water partition coefficient (Wildman–Crippen LogP) is 2.47. The van der Waals surface area contributed by atoms with Crippen molar-refractivity contribution < 1.29 is 14.2 Å². The molecule has 1 aromatic carbocycles. The van der Waals surface area contributed by atoms with Gasteiger partial charge in [-0.2, -0.15) is 0 Å². The molecule has 1 aliphatic heterocycles. The van der Waals surface area contributed by atoms with E-state index in [1.165, 1.54) is 18.4 Å². The average Bonchev–Trinajstić information content (AvgIpc) is 3.16. The Labute approximate surface area is 156 Å². The molecule has 144 valence electrons. The number of guanidine groups is 1. The Hall–Kier alpha value is -1.95. The van der Waals surface area contributed by atoms with Crippen molar-refractivity contribution in [1.29, 1.82) is 0 Å². The fourth-order valence-corrected chi connectivity index (χ4v) is 3.81. The van der Waals surface area contributed by atoms with Gasteiger partial charge in [0, 0.05) is 25.6 Å². The van der Waals surface area contributed by atoms with Gasteiger partial charge in [-0.3, -0.25) is 4.99 Å². The van der Waals surface area contributed by atoms with E-state index in [0.717, 1.165) is 49.9 Å². The van der Waals surface area contributed by atoms with Crippen LogP contribution in [0.1, 0.15) is 38.2 Å². The van der Waals surface area contributed by atoms with Crippen molar-refractivity contribution in [3.8, 4) is 11.5 Å². The van der Waals surface area contributed by atoms with Gasteiger partial charge in [-0.25, -0.2) is 0 Å². The molecule has 1 fully saturated rings. The number of methoxy groups -OCH3 is 1. The lowest BCUT2D eigenvalue weighted by Crippen LogP contribution is -2.40. The first-order valence-corrected chi connectivity index (χ1v) is 9.69. The Kier molecular flexibility index (Phi) is 6.61. The summed E-state index contributed by atoms with van der Waals surface area (Å²) in [6.45, 7) is 6.36. The van der Waals surface area contributed by atoms with E-state index in [4.69, 9.17) is 19.2 Å². The molecule has 0 radical (unpaired) electrons. The van der Waals surface area contributed by atoms with Crippen molar-refractivity contribution in [2.75, 3.05) is 46.6 Å². The monoisotopic (exact) mass is 361 g/mol. The smallest absolute Gasteiger partial charge is 0.191 e. The zero-order chi connectivity index (χ0) is 18.2. The summed E-state index contributed by atoms with van der Waals surface area (Å²) in [6, 6.07) is 6.41. The van der Waals surface area contributed by atoms with Crippen LogP contribution >= 0.6 is 0 Å². The van der Waals surface area contributed by atoms with E-state index >= 15 is 0 Å². The van der Waals surface area contributed by atoms with Crippen molar-refractivity contribution in [2.24, 2.45) is 4.99 Å². The Morgan fingerprint density at radius 3 is 2.65 bits per heavy atom. The third-order valence-corrected chi connectivity index (χ3v) is 5.20. The molecule has 1 aliphatic carbocycles. The van der Waals surface area contributed by atoms with Crippen LogP contribution < -0.4 is 20.1 Å². The van der Waals surface area contributed by atoms with Gasteiger partial charge in [0.05, 0.1) is 13.2 Å². The van der Waals surface area contributed by atoms with Crippen LogP contribution in [0.3, 0.4) is 0 Å². The fourth-order valence-electron chi connectivity index (χ4n) is 3.81. The first kappa shape index (κ1) is 18.8. The first-order valence-electron chi connectivity index (χ1n) is 9.69. The quantitative estimate of drug-likeness (QED) is 0.444. The molecule has 3 rings (SSSR count). The van der Waals surface area contributed by atoms with Gasteiger partial charge in [-0.15, -0.1) is 0 Å². The summed E-state index contributed by atoms with van der Waals surface area (Å²) in [7, 11) is 1.71. The van der Waals surface area contributed by atoms with Crippen LogP contribution in [0.15, 0.2) is 23.2 Å². The highest BCUT2D eigenvalue weighted by Gasteiger charge is 2.36. The van der Waals surface area contributed by atoms with Gasteiger partial charge in [0.2, 0.25) is 0 Å². The second-order valence-electron chi connectivity index (χ2n) is 6.96. The number of aliphatic imine (C=N–C) groups is 1. The van der Waals surface area contributed by atoms with E-state index in [9.17, 15) is 0 Å². The molecule has 6 nitrogen and oxygen atoms in total. The minimum atomic E-state index is 0.0828. The lowest BCUT2D eigenvalue weighted by molar-refractivity contribution is 0.171. The molecule has 2 N–H and O–H groups in total. The summed E-state index contributed by atoms with van der Waals surface area (Å²) < 4.78 is 16.6. The Morgan fingerprint density at radius 1 is 1.15 bits per heavy atom. The molecule has 26 heavy (non-hydrogen) atoms. The van der Waals surface area contributed by atoms with Crippen molar-refractivity contribution >= 4 is 5.96 Å². The van der Waals surface area contributed by atoms with Crippen molar-refractivity contribution in [3.63, 3.8) is 0 Å². The summed E-state index contributed by atoms with van der Waals surface area (Å²) in [4.78, 5) is 4.89. The molecule has 1 aromatic rings. The summed E-state index contributed by atoms with van der Waals surface area (Å²) in [5, 5.41) is 6.66. The van der Waals surface area contributed by atoms with E-state index in [1.54, 1.807) is 7.11 Å². The van der Waals surface area contributed by atoms with Crippen molar-refractivity contribution in [1.82, 2.24) is 10.6 Å². The number of ether oxygens (including phenoxy) is 3. The Balaban J connectivity index is 1.77.